The summed E-state index contributed by atoms with van der Waals surface area (Å²) in [6, 6.07) is 2.05. The molecule has 0 radical (unpaired) electrons. The van der Waals surface area contributed by atoms with Crippen LogP contribution >= 0.6 is 22.9 Å². The van der Waals surface area contributed by atoms with Crippen molar-refractivity contribution < 1.29 is 0 Å². The van der Waals surface area contributed by atoms with Crippen LogP contribution in [0.2, 0.25) is 5.02 Å². The van der Waals surface area contributed by atoms with Crippen LogP contribution < -0.4 is 10.9 Å². The van der Waals surface area contributed by atoms with Gasteiger partial charge in [0.25, 0.3) is 5.56 Å². The highest BCUT2D eigenvalue weighted by Crippen LogP contribution is 2.15. The van der Waals surface area contributed by atoms with Gasteiger partial charge in [0.1, 0.15) is 12.2 Å². The lowest BCUT2D eigenvalue weighted by molar-refractivity contribution is 0.664. The van der Waals surface area contributed by atoms with E-state index in [9.17, 15) is 4.79 Å². The molecule has 2 aromatic rings. The minimum atomic E-state index is -0.296. The van der Waals surface area contributed by atoms with Gasteiger partial charge in [-0.1, -0.05) is 17.5 Å². The maximum Gasteiger partial charge on any atom is 0.292 e. The molecule has 0 saturated heterocycles. The first-order chi connectivity index (χ1) is 9.22. The van der Waals surface area contributed by atoms with Crippen molar-refractivity contribution in [1.29, 1.82) is 0 Å². The zero-order chi connectivity index (χ0) is 13.7. The second-order valence-corrected chi connectivity index (χ2v) is 5.03. The summed E-state index contributed by atoms with van der Waals surface area (Å²) >= 11 is 7.62. The molecule has 4 nitrogen and oxygen atoms in total. The number of thiophene rings is 1. The first-order valence-electron chi connectivity index (χ1n) is 5.66. The molecule has 0 bridgehead atoms. The number of halogens is 1. The summed E-state index contributed by atoms with van der Waals surface area (Å²) in [6.45, 7) is 0.765. The standard InChI is InChI=1S/C13H12ClN3OS/c1-2-6-17-13(18)12(11(14)8-16-17)15-5-3-10-4-7-19-9-10/h1,4,7-9,15H,3,5-6H2. The first kappa shape index (κ1) is 13.7. The van der Waals surface area contributed by atoms with Gasteiger partial charge in [-0.05, 0) is 28.8 Å². The molecule has 6 heteroatoms. The van der Waals surface area contributed by atoms with Crippen LogP contribution in [0.25, 0.3) is 0 Å². The highest BCUT2D eigenvalue weighted by molar-refractivity contribution is 7.07. The largest absolute Gasteiger partial charge is 0.379 e. The van der Waals surface area contributed by atoms with E-state index in [1.165, 1.54) is 16.4 Å². The van der Waals surface area contributed by atoms with E-state index in [0.29, 0.717) is 17.3 Å². The van der Waals surface area contributed by atoms with Gasteiger partial charge in [-0.15, -0.1) is 6.42 Å². The van der Waals surface area contributed by atoms with Gasteiger partial charge in [0, 0.05) is 6.54 Å². The lowest BCUT2D eigenvalue weighted by atomic mass is 10.2. The predicted octanol–water partition coefficient (Wildman–Crippen LogP) is 2.25. The minimum Gasteiger partial charge on any atom is -0.379 e. The second-order valence-electron chi connectivity index (χ2n) is 3.84. The molecule has 1 N–H and O–H groups in total. The molecule has 0 aliphatic carbocycles. The van der Waals surface area contributed by atoms with E-state index >= 15 is 0 Å². The summed E-state index contributed by atoms with van der Waals surface area (Å²) in [7, 11) is 0. The maximum absolute atomic E-state index is 12.0. The Morgan fingerprint density at radius 1 is 1.58 bits per heavy atom. The summed E-state index contributed by atoms with van der Waals surface area (Å²) < 4.78 is 1.21. The van der Waals surface area contributed by atoms with Crippen LogP contribution in [0.15, 0.2) is 27.8 Å². The Labute approximate surface area is 120 Å². The van der Waals surface area contributed by atoms with E-state index in [0.717, 1.165) is 6.42 Å². The number of rotatable bonds is 5. The minimum absolute atomic E-state index is 0.134. The normalized spacial score (nSPS) is 10.1. The van der Waals surface area contributed by atoms with Crippen molar-refractivity contribution >= 4 is 28.6 Å². The molecule has 0 aromatic carbocycles. The zero-order valence-electron chi connectivity index (χ0n) is 10.1. The summed E-state index contributed by atoms with van der Waals surface area (Å²) in [4.78, 5) is 12.0. The fraction of sp³-hybridized carbons (Fsp3) is 0.231. The Hall–Kier alpha value is -1.77. The van der Waals surface area contributed by atoms with Crippen molar-refractivity contribution in [2.75, 3.05) is 11.9 Å². The number of terminal acetylenes is 1. The molecule has 0 spiro atoms. The third-order valence-electron chi connectivity index (χ3n) is 2.53. The molecule has 0 unspecified atom stereocenters. The Balaban J connectivity index is 2.09. The van der Waals surface area contributed by atoms with Crippen LogP contribution in [-0.4, -0.2) is 16.3 Å². The van der Waals surface area contributed by atoms with Gasteiger partial charge in [0.05, 0.1) is 11.2 Å². The van der Waals surface area contributed by atoms with Crippen LogP contribution in [-0.2, 0) is 13.0 Å². The number of nitrogens with zero attached hydrogens (tertiary/aromatic N) is 2. The van der Waals surface area contributed by atoms with Crippen molar-refractivity contribution in [3.05, 3.63) is 44.0 Å². The quantitative estimate of drug-likeness (QED) is 0.860. The Kier molecular flexibility index (Phi) is 4.61. The molecule has 2 aromatic heterocycles. The van der Waals surface area contributed by atoms with Crippen LogP contribution in [0.3, 0.4) is 0 Å². The average Bonchev–Trinajstić information content (AvgIpc) is 2.90. The molecule has 98 valence electrons. The van der Waals surface area contributed by atoms with Gasteiger partial charge >= 0.3 is 0 Å². The van der Waals surface area contributed by atoms with Crippen LogP contribution in [0.1, 0.15) is 5.56 Å². The van der Waals surface area contributed by atoms with Gasteiger partial charge in [0.2, 0.25) is 0 Å². The van der Waals surface area contributed by atoms with E-state index in [-0.39, 0.29) is 12.1 Å². The fourth-order valence-electron chi connectivity index (χ4n) is 1.59. The van der Waals surface area contributed by atoms with E-state index in [2.05, 4.69) is 27.8 Å². The van der Waals surface area contributed by atoms with Gasteiger partial charge < -0.3 is 5.32 Å². The maximum atomic E-state index is 12.0. The summed E-state index contributed by atoms with van der Waals surface area (Å²) in [6.07, 6.45) is 7.43. The molecule has 19 heavy (non-hydrogen) atoms. The summed E-state index contributed by atoms with van der Waals surface area (Å²) in [5, 5.41) is 11.3. The number of anilines is 1. The van der Waals surface area contributed by atoms with Crippen molar-refractivity contribution in [2.24, 2.45) is 0 Å². The highest BCUT2D eigenvalue weighted by Gasteiger charge is 2.08. The predicted molar refractivity (Wildman–Crippen MR) is 78.9 cm³/mol. The van der Waals surface area contributed by atoms with Crippen molar-refractivity contribution in [3.63, 3.8) is 0 Å². The molecule has 0 fully saturated rings. The van der Waals surface area contributed by atoms with Gasteiger partial charge in [-0.25, -0.2) is 4.68 Å². The SMILES string of the molecule is C#CCn1ncc(Cl)c(NCCc2ccsc2)c1=O. The van der Waals surface area contributed by atoms with E-state index < -0.39 is 0 Å². The molecule has 0 atom stereocenters. The lowest BCUT2D eigenvalue weighted by Gasteiger charge is -2.08. The van der Waals surface area contributed by atoms with Crippen molar-refractivity contribution in [1.82, 2.24) is 9.78 Å². The number of hydrogen-bond donors (Lipinski definition) is 1. The highest BCUT2D eigenvalue weighted by atomic mass is 35.5. The van der Waals surface area contributed by atoms with Crippen LogP contribution in [0, 0.1) is 12.3 Å². The second kappa shape index (κ2) is 6.41. The topological polar surface area (TPSA) is 46.9 Å². The van der Waals surface area contributed by atoms with E-state index in [1.807, 2.05) is 5.38 Å². The molecule has 0 saturated carbocycles. The molecule has 0 amide bonds. The smallest absolute Gasteiger partial charge is 0.292 e. The molecule has 2 rings (SSSR count). The van der Waals surface area contributed by atoms with Gasteiger partial charge in [-0.2, -0.15) is 16.4 Å². The molecule has 0 aliphatic rings. The summed E-state index contributed by atoms with van der Waals surface area (Å²) in [5.41, 5.74) is 1.28. The first-order valence-corrected chi connectivity index (χ1v) is 6.98. The summed E-state index contributed by atoms with van der Waals surface area (Å²) in [5.74, 6) is 2.38. The third kappa shape index (κ3) is 3.37. The molecular formula is C13H12ClN3OS. The molecule has 0 aliphatic heterocycles. The Morgan fingerprint density at radius 3 is 3.11 bits per heavy atom. The average molecular weight is 294 g/mol. The zero-order valence-corrected chi connectivity index (χ0v) is 11.7. The fourth-order valence-corrected chi connectivity index (χ4v) is 2.49. The van der Waals surface area contributed by atoms with Gasteiger partial charge in [-0.3, -0.25) is 4.79 Å². The molecular weight excluding hydrogens is 282 g/mol. The third-order valence-corrected chi connectivity index (χ3v) is 3.55. The van der Waals surface area contributed by atoms with E-state index in [1.54, 1.807) is 11.3 Å². The van der Waals surface area contributed by atoms with Crippen molar-refractivity contribution in [2.45, 2.75) is 13.0 Å². The molecule has 2 heterocycles. The monoisotopic (exact) mass is 293 g/mol. The number of nitrogens with one attached hydrogen (secondary N) is 1. The Bertz CT molecular complexity index is 643. The Morgan fingerprint density at radius 2 is 2.42 bits per heavy atom. The number of aromatic nitrogens is 2. The van der Waals surface area contributed by atoms with Gasteiger partial charge in [0.15, 0.2) is 0 Å². The van der Waals surface area contributed by atoms with Crippen molar-refractivity contribution in [3.8, 4) is 12.3 Å². The van der Waals surface area contributed by atoms with Crippen LogP contribution in [0.5, 0.6) is 0 Å². The number of hydrogen-bond acceptors (Lipinski definition) is 4. The van der Waals surface area contributed by atoms with Crippen LogP contribution in [0.4, 0.5) is 5.69 Å². The lowest BCUT2D eigenvalue weighted by Crippen LogP contribution is -2.26. The van der Waals surface area contributed by atoms with E-state index in [4.69, 9.17) is 18.0 Å².